The van der Waals surface area contributed by atoms with Gasteiger partial charge in [0.05, 0.1) is 0 Å². The molecule has 0 radical (unpaired) electrons. The van der Waals surface area contributed by atoms with E-state index in [1.54, 1.807) is 0 Å². The van der Waals surface area contributed by atoms with Crippen molar-refractivity contribution in [1.29, 1.82) is 0 Å². The van der Waals surface area contributed by atoms with Crippen LogP contribution in [0.25, 0.3) is 54.2 Å². The average Bonchev–Trinajstić information content (AvgIpc) is 3.25. The van der Waals surface area contributed by atoms with E-state index in [2.05, 4.69) is 103 Å². The molecule has 126 valence electrons. The smallest absolute Gasteiger partial charge is 0.0105 e. The maximum Gasteiger partial charge on any atom is -0.0105 e. The number of fused-ring (bicyclic) bond motifs is 5. The van der Waals surface area contributed by atoms with E-state index in [4.69, 9.17) is 0 Å². The van der Waals surface area contributed by atoms with E-state index in [0.717, 1.165) is 0 Å². The maximum absolute atomic E-state index is 2.38. The second-order valence-corrected chi connectivity index (χ2v) is 7.26. The van der Waals surface area contributed by atoms with Crippen molar-refractivity contribution < 1.29 is 0 Å². The monoisotopic (exact) mass is 341 g/mol. The second kappa shape index (κ2) is 5.49. The van der Waals surface area contributed by atoms with E-state index in [-0.39, 0.29) is 0 Å². The number of hydrogen-bond donors (Lipinski definition) is 0. The van der Waals surface area contributed by atoms with E-state index in [1.165, 1.54) is 54.2 Å². The van der Waals surface area contributed by atoms with Crippen molar-refractivity contribution in [3.05, 3.63) is 103 Å². The predicted molar refractivity (Wildman–Crippen MR) is 117 cm³/mol. The minimum Gasteiger partial charge on any atom is -0.152 e. The van der Waals surface area contributed by atoms with Crippen molar-refractivity contribution in [3.63, 3.8) is 0 Å². The molecule has 0 aliphatic carbocycles. The van der Waals surface area contributed by atoms with E-state index >= 15 is 0 Å². The lowest BCUT2D eigenvalue weighted by Crippen LogP contribution is -1.83. The summed E-state index contributed by atoms with van der Waals surface area (Å²) in [5, 5.41) is 10.4. The Morgan fingerprint density at radius 1 is 0.407 bits per heavy atom. The Balaban J connectivity index is 1.77. The molecule has 0 amide bonds. The van der Waals surface area contributed by atoms with Crippen molar-refractivity contribution >= 4 is 43.1 Å². The van der Waals surface area contributed by atoms with Crippen molar-refractivity contribution in [3.8, 4) is 11.1 Å². The Hall–Kier alpha value is -3.51. The highest BCUT2D eigenvalue weighted by Crippen LogP contribution is 2.36. The van der Waals surface area contributed by atoms with Crippen molar-refractivity contribution in [2.45, 2.75) is 0 Å². The molecule has 0 atom stereocenters. The van der Waals surface area contributed by atoms with E-state index in [9.17, 15) is 0 Å². The van der Waals surface area contributed by atoms with Crippen LogP contribution in [0.4, 0.5) is 0 Å². The maximum atomic E-state index is 2.38. The standard InChI is InChI=1S/C27H17/c1-2-7-18(6-1)24-11-5-10-21-15-23-13-12-22-14-19-8-3-4-9-20(19)16-25(22)27(23)17-26(21)24/h1-17H/q-1. The molecule has 0 unspecified atom stereocenters. The summed E-state index contributed by atoms with van der Waals surface area (Å²) >= 11 is 0. The predicted octanol–water partition coefficient (Wildman–Crippen LogP) is 7.69. The van der Waals surface area contributed by atoms with Crippen LogP contribution in [0, 0.1) is 0 Å². The zero-order chi connectivity index (χ0) is 17.8. The minimum absolute atomic E-state index is 1.28. The Morgan fingerprint density at radius 3 is 1.78 bits per heavy atom. The third-order valence-electron chi connectivity index (χ3n) is 5.67. The summed E-state index contributed by atoms with van der Waals surface area (Å²) in [6.07, 6.45) is 0. The molecule has 0 saturated carbocycles. The van der Waals surface area contributed by atoms with Gasteiger partial charge in [0.25, 0.3) is 0 Å². The first kappa shape index (κ1) is 14.6. The van der Waals surface area contributed by atoms with E-state index in [1.807, 2.05) is 0 Å². The SMILES string of the molecule is c1ccc2cc3c(ccc4cc5cccc(-[c-]6cccc6)c5cc43)cc2c1. The topological polar surface area (TPSA) is 0 Å². The fraction of sp³-hybridized carbons (Fsp3) is 0. The zero-order valence-corrected chi connectivity index (χ0v) is 14.8. The van der Waals surface area contributed by atoms with Gasteiger partial charge in [0.2, 0.25) is 0 Å². The quantitative estimate of drug-likeness (QED) is 0.163. The molecule has 0 heteroatoms. The molecule has 0 aliphatic rings. The molecule has 0 aliphatic heterocycles. The Kier molecular flexibility index (Phi) is 2.98. The summed E-state index contributed by atoms with van der Waals surface area (Å²) in [6.45, 7) is 0. The second-order valence-electron chi connectivity index (χ2n) is 7.26. The summed E-state index contributed by atoms with van der Waals surface area (Å²) in [5.41, 5.74) is 2.59. The highest BCUT2D eigenvalue weighted by molar-refractivity contribution is 6.16. The average molecular weight is 341 g/mol. The normalized spacial score (nSPS) is 11.7. The number of hydrogen-bond acceptors (Lipinski definition) is 0. The Morgan fingerprint density at radius 2 is 1.00 bits per heavy atom. The highest BCUT2D eigenvalue weighted by atomic mass is 14.1. The first-order valence-electron chi connectivity index (χ1n) is 9.37. The Bertz CT molecular complexity index is 1450. The zero-order valence-electron chi connectivity index (χ0n) is 14.8. The molecule has 0 aromatic heterocycles. The third-order valence-corrected chi connectivity index (χ3v) is 5.67. The molecule has 0 nitrogen and oxygen atoms in total. The van der Waals surface area contributed by atoms with Gasteiger partial charge in [0.15, 0.2) is 0 Å². The molecule has 27 heavy (non-hydrogen) atoms. The molecule has 0 N–H and O–H groups in total. The lowest BCUT2D eigenvalue weighted by Gasteiger charge is -2.14. The highest BCUT2D eigenvalue weighted by Gasteiger charge is 2.05. The molecule has 0 heterocycles. The van der Waals surface area contributed by atoms with Gasteiger partial charge in [-0.1, -0.05) is 77.0 Å². The van der Waals surface area contributed by atoms with Crippen LogP contribution >= 0.6 is 0 Å². The van der Waals surface area contributed by atoms with Crippen LogP contribution in [0.3, 0.4) is 0 Å². The summed E-state index contributed by atoms with van der Waals surface area (Å²) < 4.78 is 0. The van der Waals surface area contributed by atoms with Crippen molar-refractivity contribution in [1.82, 2.24) is 0 Å². The number of benzene rings is 5. The molecule has 6 aromatic rings. The molecular weight excluding hydrogens is 324 g/mol. The van der Waals surface area contributed by atoms with Gasteiger partial charge >= 0.3 is 0 Å². The Labute approximate surface area is 157 Å². The van der Waals surface area contributed by atoms with Crippen molar-refractivity contribution in [2.24, 2.45) is 0 Å². The first-order valence-corrected chi connectivity index (χ1v) is 9.37. The lowest BCUT2D eigenvalue weighted by atomic mass is 9.93. The van der Waals surface area contributed by atoms with Gasteiger partial charge in [-0.05, 0) is 44.5 Å². The van der Waals surface area contributed by atoms with Crippen LogP contribution in [0.2, 0.25) is 0 Å². The van der Waals surface area contributed by atoms with Gasteiger partial charge in [-0.3, -0.25) is 0 Å². The van der Waals surface area contributed by atoms with Crippen LogP contribution in [0.5, 0.6) is 0 Å². The lowest BCUT2D eigenvalue weighted by molar-refractivity contribution is 1.74. The number of rotatable bonds is 1. The minimum atomic E-state index is 1.28. The summed E-state index contributed by atoms with van der Waals surface area (Å²) in [4.78, 5) is 0. The molecule has 0 spiro atoms. The molecule has 0 bridgehead atoms. The summed E-state index contributed by atoms with van der Waals surface area (Å²) in [6, 6.07) is 37.6. The van der Waals surface area contributed by atoms with Gasteiger partial charge in [0.1, 0.15) is 0 Å². The molecule has 6 rings (SSSR count). The van der Waals surface area contributed by atoms with E-state index < -0.39 is 0 Å². The largest absolute Gasteiger partial charge is 0.152 e. The van der Waals surface area contributed by atoms with Crippen LogP contribution in [-0.2, 0) is 0 Å². The van der Waals surface area contributed by atoms with Crippen LogP contribution < -0.4 is 0 Å². The molecular formula is C27H17-. The fourth-order valence-corrected chi connectivity index (χ4v) is 4.33. The van der Waals surface area contributed by atoms with Gasteiger partial charge in [0, 0.05) is 0 Å². The van der Waals surface area contributed by atoms with Crippen molar-refractivity contribution in [2.75, 3.05) is 0 Å². The first-order chi connectivity index (χ1) is 13.4. The van der Waals surface area contributed by atoms with Crippen LogP contribution in [-0.4, -0.2) is 0 Å². The molecule has 0 saturated heterocycles. The van der Waals surface area contributed by atoms with Gasteiger partial charge in [-0.25, -0.2) is 0 Å². The van der Waals surface area contributed by atoms with E-state index in [0.29, 0.717) is 0 Å². The summed E-state index contributed by atoms with van der Waals surface area (Å²) in [7, 11) is 0. The van der Waals surface area contributed by atoms with Gasteiger partial charge in [-0.15, -0.1) is 23.8 Å². The van der Waals surface area contributed by atoms with Crippen LogP contribution in [0.1, 0.15) is 0 Å². The summed E-state index contributed by atoms with van der Waals surface area (Å²) in [5.74, 6) is 0. The third kappa shape index (κ3) is 2.20. The van der Waals surface area contributed by atoms with Crippen LogP contribution in [0.15, 0.2) is 103 Å². The molecule has 0 fully saturated rings. The van der Waals surface area contributed by atoms with Gasteiger partial charge < -0.3 is 0 Å². The fourth-order valence-electron chi connectivity index (χ4n) is 4.33. The van der Waals surface area contributed by atoms with Gasteiger partial charge in [-0.2, -0.15) is 12.1 Å². The molecule has 6 aromatic carbocycles.